The van der Waals surface area contributed by atoms with E-state index in [1.54, 1.807) is 0 Å². The second kappa shape index (κ2) is 7.46. The van der Waals surface area contributed by atoms with Crippen LogP contribution < -0.4 is 4.52 Å². The predicted molar refractivity (Wildman–Crippen MR) is 104 cm³/mol. The quantitative estimate of drug-likeness (QED) is 0.574. The summed E-state index contributed by atoms with van der Waals surface area (Å²) < 4.78 is 16.9. The average molecular weight is 368 g/mol. The van der Waals surface area contributed by atoms with E-state index in [0.29, 0.717) is 5.56 Å². The van der Waals surface area contributed by atoms with Crippen LogP contribution in [0.2, 0.25) is 0 Å². The predicted octanol–water partition coefficient (Wildman–Crippen LogP) is 5.62. The molecule has 4 nitrogen and oxygen atoms in total. The topological polar surface area (TPSA) is 66.8 Å². The van der Waals surface area contributed by atoms with Crippen molar-refractivity contribution in [2.45, 2.75) is 19.8 Å². The molecular weight excluding hydrogens is 347 g/mol. The Kier molecular flexibility index (Phi) is 5.28. The minimum atomic E-state index is -4.71. The van der Waals surface area contributed by atoms with E-state index >= 15 is 0 Å². The van der Waals surface area contributed by atoms with Crippen LogP contribution >= 0.6 is 7.82 Å². The fourth-order valence-corrected chi connectivity index (χ4v) is 3.45. The largest absolute Gasteiger partial charge is 0.524 e. The Labute approximate surface area is 153 Å². The standard InChI is InChI=1S/C21H21O4P/c1-15(2)18-13-14-19(16-9-5-3-6-10-16)20(17-11-7-4-8-12-17)21(18)25-26(22,23)24/h3-15H,1-2H3,(H2,22,23,24). The number of phosphoric ester groups is 1. The molecule has 0 saturated carbocycles. The molecule has 0 aliphatic carbocycles. The van der Waals surface area contributed by atoms with Crippen molar-refractivity contribution in [1.82, 2.24) is 0 Å². The second-order valence-electron chi connectivity index (χ2n) is 6.38. The third kappa shape index (κ3) is 4.05. The van der Waals surface area contributed by atoms with E-state index in [-0.39, 0.29) is 11.7 Å². The van der Waals surface area contributed by atoms with Crippen molar-refractivity contribution in [2.24, 2.45) is 0 Å². The molecule has 0 atom stereocenters. The zero-order valence-corrected chi connectivity index (χ0v) is 15.6. The smallest absolute Gasteiger partial charge is 0.403 e. The molecule has 3 aromatic carbocycles. The van der Waals surface area contributed by atoms with Crippen LogP contribution in [0.1, 0.15) is 25.3 Å². The Balaban J connectivity index is 2.36. The molecule has 0 heterocycles. The Morgan fingerprint density at radius 2 is 1.35 bits per heavy atom. The highest BCUT2D eigenvalue weighted by atomic mass is 31.2. The molecule has 3 rings (SSSR count). The third-order valence-corrected chi connectivity index (χ3v) is 4.59. The number of hydrogen-bond acceptors (Lipinski definition) is 2. The van der Waals surface area contributed by atoms with Gasteiger partial charge in [-0.05, 0) is 28.2 Å². The molecule has 0 aromatic heterocycles. The van der Waals surface area contributed by atoms with Gasteiger partial charge in [0.2, 0.25) is 0 Å². The lowest BCUT2D eigenvalue weighted by atomic mass is 9.89. The first kappa shape index (κ1) is 18.4. The van der Waals surface area contributed by atoms with Crippen LogP contribution in [-0.2, 0) is 4.57 Å². The van der Waals surface area contributed by atoms with E-state index in [2.05, 4.69) is 0 Å². The molecule has 2 N–H and O–H groups in total. The van der Waals surface area contributed by atoms with Crippen molar-refractivity contribution in [3.63, 3.8) is 0 Å². The Bertz CT molecular complexity index is 931. The van der Waals surface area contributed by atoms with Crippen molar-refractivity contribution in [1.29, 1.82) is 0 Å². The van der Waals surface area contributed by atoms with Crippen LogP contribution in [-0.4, -0.2) is 9.79 Å². The van der Waals surface area contributed by atoms with E-state index in [1.807, 2.05) is 86.6 Å². The first-order valence-corrected chi connectivity index (χ1v) is 9.92. The van der Waals surface area contributed by atoms with Crippen molar-refractivity contribution in [2.75, 3.05) is 0 Å². The van der Waals surface area contributed by atoms with Crippen LogP contribution in [0.3, 0.4) is 0 Å². The summed E-state index contributed by atoms with van der Waals surface area (Å²) in [6.45, 7) is 3.94. The van der Waals surface area contributed by atoms with Gasteiger partial charge in [0, 0.05) is 5.56 Å². The summed E-state index contributed by atoms with van der Waals surface area (Å²) in [6.07, 6.45) is 0. The van der Waals surface area contributed by atoms with Gasteiger partial charge >= 0.3 is 7.82 Å². The SMILES string of the molecule is CC(C)c1ccc(-c2ccccc2)c(-c2ccccc2)c1OP(=O)(O)O. The summed E-state index contributed by atoms with van der Waals surface area (Å²) >= 11 is 0. The van der Waals surface area contributed by atoms with Crippen molar-refractivity contribution < 1.29 is 18.9 Å². The molecule has 0 amide bonds. The van der Waals surface area contributed by atoms with Crippen molar-refractivity contribution in [3.8, 4) is 28.0 Å². The zero-order valence-electron chi connectivity index (χ0n) is 14.7. The van der Waals surface area contributed by atoms with E-state index in [9.17, 15) is 14.4 Å². The molecule has 0 saturated heterocycles. The van der Waals surface area contributed by atoms with E-state index in [4.69, 9.17) is 4.52 Å². The Hall–Kier alpha value is -2.39. The molecule has 0 bridgehead atoms. The zero-order chi connectivity index (χ0) is 18.7. The number of benzene rings is 3. The Morgan fingerprint density at radius 3 is 1.85 bits per heavy atom. The molecule has 5 heteroatoms. The maximum absolute atomic E-state index is 11.7. The minimum Gasteiger partial charge on any atom is -0.403 e. The highest BCUT2D eigenvalue weighted by Crippen LogP contribution is 2.49. The molecule has 134 valence electrons. The summed E-state index contributed by atoms with van der Waals surface area (Å²) in [4.78, 5) is 19.0. The maximum Gasteiger partial charge on any atom is 0.524 e. The summed E-state index contributed by atoms with van der Waals surface area (Å²) in [5, 5.41) is 0. The highest BCUT2D eigenvalue weighted by Gasteiger charge is 2.25. The van der Waals surface area contributed by atoms with Crippen molar-refractivity contribution in [3.05, 3.63) is 78.4 Å². The number of phosphoric acid groups is 1. The van der Waals surface area contributed by atoms with Gasteiger partial charge in [0.1, 0.15) is 5.75 Å². The lowest BCUT2D eigenvalue weighted by molar-refractivity contribution is 0.282. The molecular formula is C21H21O4P. The summed E-state index contributed by atoms with van der Waals surface area (Å²) in [5.41, 5.74) is 4.11. The van der Waals surface area contributed by atoms with Crippen LogP contribution in [0.25, 0.3) is 22.3 Å². The van der Waals surface area contributed by atoms with Crippen molar-refractivity contribution >= 4 is 7.82 Å². The van der Waals surface area contributed by atoms with Gasteiger partial charge in [-0.2, -0.15) is 0 Å². The molecule has 0 fully saturated rings. The molecule has 0 aliphatic heterocycles. The fourth-order valence-electron chi connectivity index (χ4n) is 3.02. The lowest BCUT2D eigenvalue weighted by Gasteiger charge is -2.21. The average Bonchev–Trinajstić information content (AvgIpc) is 2.61. The normalized spacial score (nSPS) is 11.6. The van der Waals surface area contributed by atoms with Gasteiger partial charge in [-0.3, -0.25) is 9.79 Å². The fraction of sp³-hybridized carbons (Fsp3) is 0.143. The Morgan fingerprint density at radius 1 is 0.808 bits per heavy atom. The van der Waals surface area contributed by atoms with E-state index in [0.717, 1.165) is 22.3 Å². The third-order valence-electron chi connectivity index (χ3n) is 4.17. The lowest BCUT2D eigenvalue weighted by Crippen LogP contribution is -2.01. The second-order valence-corrected chi connectivity index (χ2v) is 7.54. The van der Waals surface area contributed by atoms with Gasteiger partial charge < -0.3 is 4.52 Å². The molecule has 26 heavy (non-hydrogen) atoms. The monoisotopic (exact) mass is 368 g/mol. The molecule has 0 aliphatic rings. The van der Waals surface area contributed by atoms with Crippen LogP contribution in [0, 0.1) is 0 Å². The van der Waals surface area contributed by atoms with E-state index < -0.39 is 7.82 Å². The van der Waals surface area contributed by atoms with Gasteiger partial charge in [-0.1, -0.05) is 86.6 Å². The number of rotatable bonds is 5. The van der Waals surface area contributed by atoms with Crippen LogP contribution in [0.15, 0.2) is 72.8 Å². The molecule has 0 spiro atoms. The summed E-state index contributed by atoms with van der Waals surface area (Å²) in [6, 6.07) is 23.1. The number of hydrogen-bond donors (Lipinski definition) is 2. The van der Waals surface area contributed by atoms with Crippen LogP contribution in [0.4, 0.5) is 0 Å². The van der Waals surface area contributed by atoms with Gasteiger partial charge in [0.05, 0.1) is 0 Å². The molecule has 3 aromatic rings. The van der Waals surface area contributed by atoms with Gasteiger partial charge in [-0.25, -0.2) is 4.57 Å². The summed E-state index contributed by atoms with van der Waals surface area (Å²) in [5.74, 6) is 0.282. The molecule has 0 unspecified atom stereocenters. The van der Waals surface area contributed by atoms with Gasteiger partial charge in [0.15, 0.2) is 0 Å². The summed E-state index contributed by atoms with van der Waals surface area (Å²) in [7, 11) is -4.71. The van der Waals surface area contributed by atoms with E-state index in [1.165, 1.54) is 0 Å². The first-order chi connectivity index (χ1) is 12.4. The van der Waals surface area contributed by atoms with Gasteiger partial charge in [-0.15, -0.1) is 0 Å². The maximum atomic E-state index is 11.7. The van der Waals surface area contributed by atoms with Gasteiger partial charge in [0.25, 0.3) is 0 Å². The molecule has 0 radical (unpaired) electrons. The highest BCUT2D eigenvalue weighted by molar-refractivity contribution is 7.46. The van der Waals surface area contributed by atoms with Crippen LogP contribution in [0.5, 0.6) is 5.75 Å². The first-order valence-electron chi connectivity index (χ1n) is 8.39. The minimum absolute atomic E-state index is 0.0452.